The number of carboxylic acid groups (broad SMARTS) is 1. The average molecular weight is 305 g/mol. The highest BCUT2D eigenvalue weighted by molar-refractivity contribution is 7.89. The van der Waals surface area contributed by atoms with Crippen LogP contribution in [0.15, 0.2) is 23.1 Å². The number of benzene rings is 1. The Morgan fingerprint density at radius 3 is 2.50 bits per heavy atom. The maximum absolute atomic E-state index is 13.5. The fourth-order valence-corrected chi connectivity index (χ4v) is 3.78. The van der Waals surface area contributed by atoms with Gasteiger partial charge in [0.2, 0.25) is 10.0 Å². The van der Waals surface area contributed by atoms with E-state index < -0.39 is 38.1 Å². The third-order valence-corrected chi connectivity index (χ3v) is 4.93. The van der Waals surface area contributed by atoms with Crippen LogP contribution in [0.5, 0.6) is 0 Å². The molecule has 0 heterocycles. The fraction of sp³-hybridized carbons (Fsp3) is 0.417. The van der Waals surface area contributed by atoms with Crippen LogP contribution in [0.1, 0.15) is 25.7 Å². The number of hydrogen-bond acceptors (Lipinski definition) is 3. The summed E-state index contributed by atoms with van der Waals surface area (Å²) in [6.45, 7) is 0. The number of rotatable bonds is 5. The van der Waals surface area contributed by atoms with E-state index >= 15 is 0 Å². The first-order valence-electron chi connectivity index (χ1n) is 5.95. The number of hydrogen-bond donors (Lipinski definition) is 2. The molecule has 0 spiro atoms. The predicted molar refractivity (Wildman–Crippen MR) is 65.5 cm³/mol. The minimum absolute atomic E-state index is 0.357. The van der Waals surface area contributed by atoms with Gasteiger partial charge in [0.25, 0.3) is 0 Å². The molecule has 2 rings (SSSR count). The second-order valence-corrected chi connectivity index (χ2v) is 6.54. The van der Waals surface area contributed by atoms with E-state index in [9.17, 15) is 22.0 Å². The summed E-state index contributed by atoms with van der Waals surface area (Å²) in [6.07, 6.45) is 1.01. The molecule has 20 heavy (non-hydrogen) atoms. The molecule has 1 fully saturated rings. The van der Waals surface area contributed by atoms with Crippen molar-refractivity contribution in [3.63, 3.8) is 0 Å². The summed E-state index contributed by atoms with van der Waals surface area (Å²) in [4.78, 5) is 9.97. The van der Waals surface area contributed by atoms with Crippen LogP contribution in [0.3, 0.4) is 0 Å². The van der Waals surface area contributed by atoms with Crippen molar-refractivity contribution in [2.75, 3.05) is 0 Å². The zero-order valence-corrected chi connectivity index (χ0v) is 11.2. The van der Waals surface area contributed by atoms with Gasteiger partial charge in [0.05, 0.1) is 6.42 Å². The summed E-state index contributed by atoms with van der Waals surface area (Å²) in [5.41, 5.74) is -1.11. The zero-order valence-electron chi connectivity index (χ0n) is 10.4. The first kappa shape index (κ1) is 14.9. The topological polar surface area (TPSA) is 83.5 Å². The van der Waals surface area contributed by atoms with Gasteiger partial charge in [-0.15, -0.1) is 0 Å². The first-order chi connectivity index (χ1) is 9.24. The van der Waals surface area contributed by atoms with Gasteiger partial charge in [0, 0.05) is 5.54 Å². The highest BCUT2D eigenvalue weighted by atomic mass is 32.2. The third kappa shape index (κ3) is 2.96. The lowest BCUT2D eigenvalue weighted by Crippen LogP contribution is -2.54. The standard InChI is InChI=1S/C12H13F2NO4S/c13-8-2-3-9(14)10(6-8)20(18,19)15-12(4-1-5-12)7-11(16)17/h2-3,6,15H,1,4-5,7H2,(H,16,17). The van der Waals surface area contributed by atoms with E-state index in [1.165, 1.54) is 0 Å². The Bertz CT molecular complexity index is 641. The first-order valence-corrected chi connectivity index (χ1v) is 7.43. The van der Waals surface area contributed by atoms with E-state index in [2.05, 4.69) is 4.72 Å². The van der Waals surface area contributed by atoms with Gasteiger partial charge < -0.3 is 5.11 Å². The molecule has 1 aromatic rings. The normalized spacial score (nSPS) is 17.5. The molecule has 1 aliphatic rings. The molecular weight excluding hydrogens is 292 g/mol. The van der Waals surface area contributed by atoms with Gasteiger partial charge >= 0.3 is 5.97 Å². The van der Waals surface area contributed by atoms with Crippen molar-refractivity contribution in [1.82, 2.24) is 4.72 Å². The summed E-state index contributed by atoms with van der Waals surface area (Å²) < 4.78 is 53.0. The number of carbonyl (C=O) groups is 1. The summed E-state index contributed by atoms with van der Waals surface area (Å²) in [6, 6.07) is 2.10. The van der Waals surface area contributed by atoms with Crippen LogP contribution in [0, 0.1) is 11.6 Å². The molecule has 5 nitrogen and oxygen atoms in total. The molecule has 2 N–H and O–H groups in total. The van der Waals surface area contributed by atoms with E-state index in [-0.39, 0.29) is 6.42 Å². The Kier molecular flexibility index (Phi) is 3.79. The van der Waals surface area contributed by atoms with Crippen LogP contribution >= 0.6 is 0 Å². The zero-order chi connectivity index (χ0) is 15.0. The Morgan fingerprint density at radius 1 is 1.35 bits per heavy atom. The number of sulfonamides is 1. The van der Waals surface area contributed by atoms with E-state index in [4.69, 9.17) is 5.11 Å². The molecule has 0 amide bonds. The molecule has 0 bridgehead atoms. The van der Waals surface area contributed by atoms with Gasteiger partial charge in [-0.25, -0.2) is 21.9 Å². The summed E-state index contributed by atoms with van der Waals surface area (Å²) in [5, 5.41) is 8.81. The molecule has 1 aliphatic carbocycles. The Hall–Kier alpha value is -1.54. The van der Waals surface area contributed by atoms with E-state index in [0.717, 1.165) is 6.07 Å². The Balaban J connectivity index is 2.31. The van der Waals surface area contributed by atoms with Gasteiger partial charge in [-0.3, -0.25) is 4.79 Å². The maximum Gasteiger partial charge on any atom is 0.305 e. The second kappa shape index (κ2) is 5.10. The largest absolute Gasteiger partial charge is 0.481 e. The SMILES string of the molecule is O=C(O)CC1(NS(=O)(=O)c2cc(F)ccc2F)CCC1. The molecule has 0 saturated heterocycles. The fourth-order valence-electron chi connectivity index (χ4n) is 2.23. The van der Waals surface area contributed by atoms with Crippen LogP contribution in [0.25, 0.3) is 0 Å². The molecular formula is C12H13F2NO4S. The molecule has 110 valence electrons. The Morgan fingerprint density at radius 2 is 2.00 bits per heavy atom. The highest BCUT2D eigenvalue weighted by Crippen LogP contribution is 2.36. The molecule has 0 unspecified atom stereocenters. The second-order valence-electron chi connectivity index (χ2n) is 4.88. The molecule has 0 radical (unpaired) electrons. The smallest absolute Gasteiger partial charge is 0.305 e. The number of aliphatic carboxylic acids is 1. The summed E-state index contributed by atoms with van der Waals surface area (Å²) >= 11 is 0. The number of halogens is 2. The lowest BCUT2D eigenvalue weighted by Gasteiger charge is -2.40. The van der Waals surface area contributed by atoms with Crippen molar-refractivity contribution < 1.29 is 27.1 Å². The summed E-state index contributed by atoms with van der Waals surface area (Å²) in [7, 11) is -4.31. The Labute approximate surface area is 114 Å². The maximum atomic E-state index is 13.5. The minimum Gasteiger partial charge on any atom is -0.481 e. The van der Waals surface area contributed by atoms with Crippen LogP contribution in [0.4, 0.5) is 8.78 Å². The van der Waals surface area contributed by atoms with Gasteiger partial charge in [-0.05, 0) is 37.5 Å². The van der Waals surface area contributed by atoms with E-state index in [1.807, 2.05) is 0 Å². The summed E-state index contributed by atoms with van der Waals surface area (Å²) in [5.74, 6) is -3.11. The van der Waals surface area contributed by atoms with Crippen LogP contribution in [-0.4, -0.2) is 25.0 Å². The van der Waals surface area contributed by atoms with Crippen molar-refractivity contribution in [3.05, 3.63) is 29.8 Å². The molecule has 0 aliphatic heterocycles. The van der Waals surface area contributed by atoms with Crippen molar-refractivity contribution in [2.24, 2.45) is 0 Å². The quantitative estimate of drug-likeness (QED) is 0.866. The highest BCUT2D eigenvalue weighted by Gasteiger charge is 2.43. The van der Waals surface area contributed by atoms with Gasteiger partial charge in [-0.2, -0.15) is 0 Å². The predicted octanol–water partition coefficient (Wildman–Crippen LogP) is 1.64. The van der Waals surface area contributed by atoms with E-state index in [1.54, 1.807) is 0 Å². The molecule has 0 aromatic heterocycles. The monoisotopic (exact) mass is 305 g/mol. The van der Waals surface area contributed by atoms with Crippen LogP contribution in [0.2, 0.25) is 0 Å². The lowest BCUT2D eigenvalue weighted by molar-refractivity contribution is -0.139. The van der Waals surface area contributed by atoms with Crippen molar-refractivity contribution in [1.29, 1.82) is 0 Å². The van der Waals surface area contributed by atoms with Gasteiger partial charge in [0.1, 0.15) is 16.5 Å². The molecule has 1 aromatic carbocycles. The van der Waals surface area contributed by atoms with Gasteiger partial charge in [-0.1, -0.05) is 0 Å². The van der Waals surface area contributed by atoms with E-state index in [0.29, 0.717) is 31.4 Å². The number of carboxylic acids is 1. The lowest BCUT2D eigenvalue weighted by atomic mass is 9.75. The molecule has 1 saturated carbocycles. The van der Waals surface area contributed by atoms with Crippen molar-refractivity contribution in [2.45, 2.75) is 36.1 Å². The number of nitrogens with one attached hydrogen (secondary N) is 1. The van der Waals surface area contributed by atoms with Crippen LogP contribution in [-0.2, 0) is 14.8 Å². The molecule has 8 heteroatoms. The molecule has 0 atom stereocenters. The minimum atomic E-state index is -4.31. The van der Waals surface area contributed by atoms with Crippen molar-refractivity contribution >= 4 is 16.0 Å². The van der Waals surface area contributed by atoms with Crippen LogP contribution < -0.4 is 4.72 Å². The third-order valence-electron chi connectivity index (χ3n) is 3.33. The van der Waals surface area contributed by atoms with Gasteiger partial charge in [0.15, 0.2) is 0 Å². The van der Waals surface area contributed by atoms with Crippen molar-refractivity contribution in [3.8, 4) is 0 Å². The average Bonchev–Trinajstić information content (AvgIpc) is 2.28.